The van der Waals surface area contributed by atoms with Gasteiger partial charge in [-0.2, -0.15) is 0 Å². The van der Waals surface area contributed by atoms with Crippen molar-refractivity contribution in [3.8, 4) is 0 Å². The molecule has 0 amide bonds. The largest absolute Gasteiger partial charge is 0.314 e. The van der Waals surface area contributed by atoms with E-state index < -0.39 is 5.67 Å². The van der Waals surface area contributed by atoms with Gasteiger partial charge >= 0.3 is 0 Å². The van der Waals surface area contributed by atoms with Crippen molar-refractivity contribution in [2.24, 2.45) is 0 Å². The SMILES string of the molecule is C=C.CC1(F)CCCNC1. The predicted molar refractivity (Wildman–Crippen MR) is 42.9 cm³/mol. The second-order valence-corrected chi connectivity index (χ2v) is 2.69. The molecule has 1 heterocycles. The third kappa shape index (κ3) is 3.62. The van der Waals surface area contributed by atoms with Crippen LogP contribution < -0.4 is 5.32 Å². The Bertz CT molecular complexity index is 83.3. The van der Waals surface area contributed by atoms with E-state index in [4.69, 9.17) is 0 Å². The maximum absolute atomic E-state index is 12.8. The Kier molecular flexibility index (Phi) is 4.28. The molecule has 60 valence electrons. The Balaban J connectivity index is 0.000000371. The Morgan fingerprint density at radius 1 is 1.50 bits per heavy atom. The molecule has 2 heteroatoms. The van der Waals surface area contributed by atoms with Crippen LogP contribution in [0.15, 0.2) is 13.2 Å². The summed E-state index contributed by atoms with van der Waals surface area (Å²) in [4.78, 5) is 0. The van der Waals surface area contributed by atoms with Crippen LogP contribution in [0.5, 0.6) is 0 Å². The summed E-state index contributed by atoms with van der Waals surface area (Å²) in [6, 6.07) is 0. The summed E-state index contributed by atoms with van der Waals surface area (Å²) < 4.78 is 12.8. The molecule has 1 N–H and O–H groups in total. The summed E-state index contributed by atoms with van der Waals surface area (Å²) in [5.74, 6) is 0. The highest BCUT2D eigenvalue weighted by atomic mass is 19.1. The first-order valence-corrected chi connectivity index (χ1v) is 3.60. The molecule has 1 fully saturated rings. The molecular weight excluding hydrogens is 129 g/mol. The van der Waals surface area contributed by atoms with E-state index in [0.717, 1.165) is 19.4 Å². The zero-order valence-electron chi connectivity index (χ0n) is 6.62. The average molecular weight is 145 g/mol. The molecule has 0 saturated carbocycles. The Hall–Kier alpha value is -0.370. The van der Waals surface area contributed by atoms with Crippen LogP contribution in [-0.4, -0.2) is 18.8 Å². The minimum atomic E-state index is -0.932. The summed E-state index contributed by atoms with van der Waals surface area (Å²) in [6.45, 7) is 9.17. The van der Waals surface area contributed by atoms with E-state index in [1.807, 2.05) is 0 Å². The summed E-state index contributed by atoms with van der Waals surface area (Å²) in [5, 5.41) is 3.00. The molecule has 1 rings (SSSR count). The van der Waals surface area contributed by atoms with Crippen molar-refractivity contribution in [2.75, 3.05) is 13.1 Å². The van der Waals surface area contributed by atoms with Crippen molar-refractivity contribution in [1.82, 2.24) is 5.32 Å². The molecule has 1 unspecified atom stereocenters. The van der Waals surface area contributed by atoms with Crippen molar-refractivity contribution in [3.05, 3.63) is 13.2 Å². The van der Waals surface area contributed by atoms with Gasteiger partial charge in [0.25, 0.3) is 0 Å². The van der Waals surface area contributed by atoms with Crippen LogP contribution in [0.4, 0.5) is 4.39 Å². The predicted octanol–water partition coefficient (Wildman–Crippen LogP) is 1.90. The molecule has 0 aromatic heterocycles. The monoisotopic (exact) mass is 145 g/mol. The van der Waals surface area contributed by atoms with Crippen LogP contribution in [-0.2, 0) is 0 Å². The molecule has 1 aliphatic rings. The van der Waals surface area contributed by atoms with Crippen molar-refractivity contribution in [2.45, 2.75) is 25.4 Å². The minimum absolute atomic E-state index is 0.535. The van der Waals surface area contributed by atoms with E-state index in [0.29, 0.717) is 6.54 Å². The maximum Gasteiger partial charge on any atom is 0.120 e. The molecular formula is C8H16FN. The summed E-state index contributed by atoms with van der Waals surface area (Å²) in [7, 11) is 0. The van der Waals surface area contributed by atoms with E-state index >= 15 is 0 Å². The quantitative estimate of drug-likeness (QED) is 0.513. The Labute approximate surface area is 62.3 Å². The van der Waals surface area contributed by atoms with Gasteiger partial charge in [0, 0.05) is 6.54 Å². The fraction of sp³-hybridized carbons (Fsp3) is 0.750. The highest BCUT2D eigenvalue weighted by Gasteiger charge is 2.24. The fourth-order valence-corrected chi connectivity index (χ4v) is 1.02. The lowest BCUT2D eigenvalue weighted by atomic mass is 9.99. The first-order valence-electron chi connectivity index (χ1n) is 3.60. The van der Waals surface area contributed by atoms with Crippen LogP contribution in [0.1, 0.15) is 19.8 Å². The lowest BCUT2D eigenvalue weighted by molar-refractivity contribution is 0.145. The fourth-order valence-electron chi connectivity index (χ4n) is 1.02. The van der Waals surface area contributed by atoms with Crippen LogP contribution >= 0.6 is 0 Å². The van der Waals surface area contributed by atoms with Crippen molar-refractivity contribution in [3.63, 3.8) is 0 Å². The van der Waals surface area contributed by atoms with Gasteiger partial charge in [0.15, 0.2) is 0 Å². The standard InChI is InChI=1S/C6H12FN.C2H4/c1-6(7)3-2-4-8-5-6;1-2/h8H,2-5H2,1H3;1-2H2. The first-order chi connectivity index (χ1) is 4.71. The topological polar surface area (TPSA) is 12.0 Å². The molecule has 0 aromatic rings. The number of halogens is 1. The summed E-state index contributed by atoms with van der Waals surface area (Å²) in [5.41, 5.74) is -0.932. The molecule has 1 atom stereocenters. The molecule has 0 aliphatic carbocycles. The molecule has 0 aromatic carbocycles. The zero-order chi connectivity index (χ0) is 8.04. The van der Waals surface area contributed by atoms with Crippen molar-refractivity contribution < 1.29 is 4.39 Å². The van der Waals surface area contributed by atoms with Crippen LogP contribution in [0.3, 0.4) is 0 Å². The smallest absolute Gasteiger partial charge is 0.120 e. The zero-order valence-corrected chi connectivity index (χ0v) is 6.62. The summed E-state index contributed by atoms with van der Waals surface area (Å²) >= 11 is 0. The van der Waals surface area contributed by atoms with Gasteiger partial charge in [0.1, 0.15) is 5.67 Å². The maximum atomic E-state index is 12.8. The number of hydrogen-bond acceptors (Lipinski definition) is 1. The van der Waals surface area contributed by atoms with E-state index in [1.165, 1.54) is 0 Å². The first kappa shape index (κ1) is 9.63. The van der Waals surface area contributed by atoms with Crippen molar-refractivity contribution >= 4 is 0 Å². The number of rotatable bonds is 0. The molecule has 1 saturated heterocycles. The molecule has 0 radical (unpaired) electrons. The van der Waals surface area contributed by atoms with Gasteiger partial charge in [-0.25, -0.2) is 4.39 Å². The Morgan fingerprint density at radius 3 is 2.30 bits per heavy atom. The van der Waals surface area contributed by atoms with Gasteiger partial charge in [0.05, 0.1) is 0 Å². The van der Waals surface area contributed by atoms with E-state index in [9.17, 15) is 4.39 Å². The van der Waals surface area contributed by atoms with Crippen LogP contribution in [0.2, 0.25) is 0 Å². The second kappa shape index (κ2) is 4.45. The van der Waals surface area contributed by atoms with E-state index in [-0.39, 0.29) is 0 Å². The summed E-state index contributed by atoms with van der Waals surface area (Å²) in [6.07, 6.45) is 1.70. The van der Waals surface area contributed by atoms with Gasteiger partial charge < -0.3 is 5.32 Å². The number of alkyl halides is 1. The van der Waals surface area contributed by atoms with E-state index in [2.05, 4.69) is 18.5 Å². The lowest BCUT2D eigenvalue weighted by Crippen LogP contribution is -2.39. The number of hydrogen-bond donors (Lipinski definition) is 1. The Morgan fingerprint density at radius 2 is 2.10 bits per heavy atom. The van der Waals surface area contributed by atoms with Gasteiger partial charge in [-0.05, 0) is 26.3 Å². The third-order valence-electron chi connectivity index (χ3n) is 1.55. The molecule has 0 spiro atoms. The highest BCUT2D eigenvalue weighted by molar-refractivity contribution is 4.80. The van der Waals surface area contributed by atoms with Crippen LogP contribution in [0, 0.1) is 0 Å². The molecule has 1 nitrogen and oxygen atoms in total. The van der Waals surface area contributed by atoms with Gasteiger partial charge in [-0.3, -0.25) is 0 Å². The average Bonchev–Trinajstić information content (AvgIpc) is 1.92. The number of piperidine rings is 1. The van der Waals surface area contributed by atoms with Gasteiger partial charge in [-0.1, -0.05) is 0 Å². The molecule has 1 aliphatic heterocycles. The minimum Gasteiger partial charge on any atom is -0.314 e. The van der Waals surface area contributed by atoms with E-state index in [1.54, 1.807) is 6.92 Å². The normalized spacial score (nSPS) is 32.2. The van der Waals surface area contributed by atoms with Crippen molar-refractivity contribution in [1.29, 1.82) is 0 Å². The lowest BCUT2D eigenvalue weighted by Gasteiger charge is -2.25. The highest BCUT2D eigenvalue weighted by Crippen LogP contribution is 2.18. The second-order valence-electron chi connectivity index (χ2n) is 2.69. The van der Waals surface area contributed by atoms with Gasteiger partial charge in [-0.15, -0.1) is 13.2 Å². The number of nitrogens with one attached hydrogen (secondary N) is 1. The molecule has 0 bridgehead atoms. The third-order valence-corrected chi connectivity index (χ3v) is 1.55. The van der Waals surface area contributed by atoms with Gasteiger partial charge in [0.2, 0.25) is 0 Å². The van der Waals surface area contributed by atoms with Crippen LogP contribution in [0.25, 0.3) is 0 Å². The molecule has 10 heavy (non-hydrogen) atoms.